The van der Waals surface area contributed by atoms with Gasteiger partial charge in [-0.2, -0.15) is 0 Å². The van der Waals surface area contributed by atoms with Gasteiger partial charge in [0, 0.05) is 18.8 Å². The van der Waals surface area contributed by atoms with Crippen LogP contribution in [0.5, 0.6) is 0 Å². The zero-order chi connectivity index (χ0) is 8.81. The normalized spacial score (nSPS) is 9.83. The van der Waals surface area contributed by atoms with Crippen molar-refractivity contribution in [1.82, 2.24) is 0 Å². The molecule has 0 unspecified atom stereocenters. The molecule has 0 radical (unpaired) electrons. The van der Waals surface area contributed by atoms with Crippen molar-refractivity contribution in [2.75, 3.05) is 18.5 Å². The third-order valence-corrected chi connectivity index (χ3v) is 1.51. The predicted octanol–water partition coefficient (Wildman–Crippen LogP) is 1.62. The predicted molar refractivity (Wildman–Crippen MR) is 46.6 cm³/mol. The van der Waals surface area contributed by atoms with Crippen molar-refractivity contribution in [3.8, 4) is 0 Å². The molecule has 0 saturated heterocycles. The molecule has 12 heavy (non-hydrogen) atoms. The van der Waals surface area contributed by atoms with Gasteiger partial charge in [-0.15, -0.1) is 0 Å². The van der Waals surface area contributed by atoms with E-state index in [0.29, 0.717) is 13.0 Å². The molecular weight excluding hydrogens is 157 g/mol. The molecule has 2 N–H and O–H groups in total. The first kappa shape index (κ1) is 9.00. The average molecular weight is 169 g/mol. The first-order valence-electron chi connectivity index (χ1n) is 3.93. The molecule has 0 fully saturated rings. The second-order valence-electron chi connectivity index (χ2n) is 2.51. The molecule has 1 aromatic carbocycles. The minimum atomic E-state index is -0.234. The molecule has 66 valence electrons. The van der Waals surface area contributed by atoms with Gasteiger partial charge in [-0.25, -0.2) is 4.39 Å². The lowest BCUT2D eigenvalue weighted by molar-refractivity contribution is 0.292. The molecular formula is C9H12FNO. The molecule has 0 bridgehead atoms. The molecule has 0 saturated carbocycles. The van der Waals surface area contributed by atoms with Gasteiger partial charge in [-0.05, 0) is 30.7 Å². The second kappa shape index (κ2) is 4.72. The lowest BCUT2D eigenvalue weighted by Crippen LogP contribution is -2.02. The minimum Gasteiger partial charge on any atom is -0.396 e. The Morgan fingerprint density at radius 1 is 1.25 bits per heavy atom. The van der Waals surface area contributed by atoms with E-state index in [1.807, 2.05) is 0 Å². The first-order valence-corrected chi connectivity index (χ1v) is 3.93. The highest BCUT2D eigenvalue weighted by Gasteiger charge is 1.91. The van der Waals surface area contributed by atoms with Gasteiger partial charge >= 0.3 is 0 Å². The van der Waals surface area contributed by atoms with Gasteiger partial charge in [-0.3, -0.25) is 0 Å². The maximum atomic E-state index is 12.4. The standard InChI is InChI=1S/C9H12FNO/c10-8-2-4-9(5-3-8)11-6-1-7-12/h2-5,11-12H,1,6-7H2. The summed E-state index contributed by atoms with van der Waals surface area (Å²) in [7, 11) is 0. The first-order chi connectivity index (χ1) is 5.83. The second-order valence-corrected chi connectivity index (χ2v) is 2.51. The van der Waals surface area contributed by atoms with Crippen LogP contribution in [0.3, 0.4) is 0 Å². The van der Waals surface area contributed by atoms with Crippen LogP contribution in [0.15, 0.2) is 24.3 Å². The summed E-state index contributed by atoms with van der Waals surface area (Å²) in [5.41, 5.74) is 0.879. The van der Waals surface area contributed by atoms with Gasteiger partial charge in [0.1, 0.15) is 5.82 Å². The van der Waals surface area contributed by atoms with E-state index in [9.17, 15) is 4.39 Å². The highest BCUT2D eigenvalue weighted by atomic mass is 19.1. The van der Waals surface area contributed by atoms with E-state index < -0.39 is 0 Å². The van der Waals surface area contributed by atoms with E-state index in [1.54, 1.807) is 12.1 Å². The van der Waals surface area contributed by atoms with Crippen molar-refractivity contribution in [2.24, 2.45) is 0 Å². The largest absolute Gasteiger partial charge is 0.396 e. The van der Waals surface area contributed by atoms with Gasteiger partial charge in [0.25, 0.3) is 0 Å². The number of hydrogen-bond donors (Lipinski definition) is 2. The molecule has 0 aromatic heterocycles. The van der Waals surface area contributed by atoms with Gasteiger partial charge in [0.05, 0.1) is 0 Å². The fourth-order valence-electron chi connectivity index (χ4n) is 0.880. The molecule has 0 aliphatic rings. The maximum absolute atomic E-state index is 12.4. The Kier molecular flexibility index (Phi) is 3.54. The third kappa shape index (κ3) is 2.88. The van der Waals surface area contributed by atoms with Crippen LogP contribution in [0.1, 0.15) is 6.42 Å². The molecule has 0 spiro atoms. The summed E-state index contributed by atoms with van der Waals surface area (Å²) in [6.45, 7) is 0.885. The van der Waals surface area contributed by atoms with Crippen molar-refractivity contribution in [2.45, 2.75) is 6.42 Å². The number of nitrogens with one attached hydrogen (secondary N) is 1. The van der Waals surface area contributed by atoms with Crippen LogP contribution in [0.2, 0.25) is 0 Å². The lowest BCUT2D eigenvalue weighted by Gasteiger charge is -2.03. The molecule has 0 amide bonds. The zero-order valence-electron chi connectivity index (χ0n) is 6.76. The van der Waals surface area contributed by atoms with Crippen molar-refractivity contribution in [3.63, 3.8) is 0 Å². The van der Waals surface area contributed by atoms with Gasteiger partial charge < -0.3 is 10.4 Å². The smallest absolute Gasteiger partial charge is 0.123 e. The van der Waals surface area contributed by atoms with Crippen molar-refractivity contribution < 1.29 is 9.50 Å². The van der Waals surface area contributed by atoms with Gasteiger partial charge in [0.15, 0.2) is 0 Å². The Morgan fingerprint density at radius 2 is 1.92 bits per heavy atom. The number of hydrogen-bond acceptors (Lipinski definition) is 2. The Morgan fingerprint density at radius 3 is 2.50 bits per heavy atom. The van der Waals surface area contributed by atoms with Crippen LogP contribution in [0.4, 0.5) is 10.1 Å². The van der Waals surface area contributed by atoms with Crippen molar-refractivity contribution in [1.29, 1.82) is 0 Å². The fourth-order valence-corrected chi connectivity index (χ4v) is 0.880. The maximum Gasteiger partial charge on any atom is 0.123 e. The Bertz CT molecular complexity index is 222. The molecule has 0 atom stereocenters. The number of halogens is 1. The molecule has 2 nitrogen and oxygen atoms in total. The van der Waals surface area contributed by atoms with Crippen LogP contribution in [-0.4, -0.2) is 18.3 Å². The quantitative estimate of drug-likeness (QED) is 0.671. The molecule has 0 aliphatic heterocycles. The van der Waals surface area contributed by atoms with Crippen LogP contribution in [-0.2, 0) is 0 Å². The van der Waals surface area contributed by atoms with E-state index in [0.717, 1.165) is 5.69 Å². The van der Waals surface area contributed by atoms with Crippen LogP contribution in [0.25, 0.3) is 0 Å². The summed E-state index contributed by atoms with van der Waals surface area (Å²) >= 11 is 0. The summed E-state index contributed by atoms with van der Waals surface area (Å²) in [5, 5.41) is 11.5. The SMILES string of the molecule is OCCCNc1ccc(F)cc1. The van der Waals surface area contributed by atoms with Crippen molar-refractivity contribution >= 4 is 5.69 Å². The lowest BCUT2D eigenvalue weighted by atomic mass is 10.3. The topological polar surface area (TPSA) is 32.3 Å². The molecule has 1 aromatic rings. The summed E-state index contributed by atoms with van der Waals surface area (Å²) in [6, 6.07) is 6.15. The van der Waals surface area contributed by atoms with E-state index in [2.05, 4.69) is 5.32 Å². The highest BCUT2D eigenvalue weighted by Crippen LogP contribution is 2.07. The Labute approximate surface area is 71.0 Å². The molecule has 0 aliphatic carbocycles. The minimum absolute atomic E-state index is 0.175. The van der Waals surface area contributed by atoms with Gasteiger partial charge in [-0.1, -0.05) is 0 Å². The summed E-state index contributed by atoms with van der Waals surface area (Å²) in [6.07, 6.45) is 0.706. The fraction of sp³-hybridized carbons (Fsp3) is 0.333. The zero-order valence-corrected chi connectivity index (χ0v) is 6.76. The monoisotopic (exact) mass is 169 g/mol. The number of rotatable bonds is 4. The van der Waals surface area contributed by atoms with Crippen LogP contribution >= 0.6 is 0 Å². The summed E-state index contributed by atoms with van der Waals surface area (Å²) < 4.78 is 12.4. The van der Waals surface area contributed by atoms with Crippen LogP contribution in [0, 0.1) is 5.82 Å². The number of anilines is 1. The Hall–Kier alpha value is -1.09. The highest BCUT2D eigenvalue weighted by molar-refractivity contribution is 5.42. The van der Waals surface area contributed by atoms with E-state index in [1.165, 1.54) is 12.1 Å². The number of benzene rings is 1. The average Bonchev–Trinajstić information content (AvgIpc) is 2.09. The Balaban J connectivity index is 2.37. The van der Waals surface area contributed by atoms with Crippen LogP contribution < -0.4 is 5.32 Å². The van der Waals surface area contributed by atoms with E-state index in [-0.39, 0.29) is 12.4 Å². The van der Waals surface area contributed by atoms with E-state index >= 15 is 0 Å². The summed E-state index contributed by atoms with van der Waals surface area (Å²) in [5.74, 6) is -0.234. The number of aliphatic hydroxyl groups excluding tert-OH is 1. The molecule has 1 rings (SSSR count). The molecule has 0 heterocycles. The van der Waals surface area contributed by atoms with Gasteiger partial charge in [0.2, 0.25) is 0 Å². The van der Waals surface area contributed by atoms with Crippen molar-refractivity contribution in [3.05, 3.63) is 30.1 Å². The summed E-state index contributed by atoms with van der Waals surface area (Å²) in [4.78, 5) is 0. The third-order valence-electron chi connectivity index (χ3n) is 1.51. The molecule has 3 heteroatoms. The number of aliphatic hydroxyl groups is 1. The van der Waals surface area contributed by atoms with E-state index in [4.69, 9.17) is 5.11 Å².